The van der Waals surface area contributed by atoms with Crippen molar-refractivity contribution in [1.29, 1.82) is 0 Å². The van der Waals surface area contributed by atoms with Crippen LogP contribution in [0, 0.1) is 0 Å². The molecule has 0 spiro atoms. The second-order valence-electron chi connectivity index (χ2n) is 6.34. The second-order valence-corrected chi connectivity index (χ2v) is 7.72. The fourth-order valence-electron chi connectivity index (χ4n) is 2.45. The zero-order valence-electron chi connectivity index (χ0n) is 15.6. The van der Waals surface area contributed by atoms with E-state index in [2.05, 4.69) is 9.98 Å². The van der Waals surface area contributed by atoms with Gasteiger partial charge >= 0.3 is 0 Å². The number of aliphatic imine (C=N–C) groups is 1. The molecule has 0 aliphatic heterocycles. The second kappa shape index (κ2) is 9.48. The van der Waals surface area contributed by atoms with E-state index in [1.807, 2.05) is 42.5 Å². The third-order valence-electron chi connectivity index (χ3n) is 3.78. The molecular formula is C21H20ClN3O2S. The van der Waals surface area contributed by atoms with Gasteiger partial charge in [0.1, 0.15) is 18.1 Å². The zero-order valence-corrected chi connectivity index (χ0v) is 17.2. The Labute approximate surface area is 173 Å². The molecule has 7 heteroatoms. The van der Waals surface area contributed by atoms with Gasteiger partial charge in [-0.15, -0.1) is 11.3 Å². The van der Waals surface area contributed by atoms with Gasteiger partial charge in [-0.05, 0) is 23.8 Å². The molecule has 0 atom stereocenters. The summed E-state index contributed by atoms with van der Waals surface area (Å²) in [4.78, 5) is 22.1. The number of aromatic nitrogens is 1. The summed E-state index contributed by atoms with van der Waals surface area (Å²) in [7, 11) is 3.61. The quantitative estimate of drug-likeness (QED) is 0.416. The van der Waals surface area contributed by atoms with E-state index in [0.717, 1.165) is 21.9 Å². The molecule has 144 valence electrons. The normalized spacial score (nSPS) is 11.0. The van der Waals surface area contributed by atoms with Crippen LogP contribution in [0.3, 0.4) is 0 Å². The molecule has 0 aliphatic carbocycles. The van der Waals surface area contributed by atoms with Crippen molar-refractivity contribution in [2.75, 3.05) is 14.1 Å². The monoisotopic (exact) mass is 413 g/mol. The number of hydrogen-bond donors (Lipinski definition) is 0. The van der Waals surface area contributed by atoms with Gasteiger partial charge in [0.25, 0.3) is 5.91 Å². The molecule has 0 fully saturated rings. The molecule has 1 heterocycles. The van der Waals surface area contributed by atoms with Crippen LogP contribution >= 0.6 is 22.9 Å². The maximum atomic E-state index is 12.1. The van der Waals surface area contributed by atoms with Crippen LogP contribution in [0.5, 0.6) is 5.75 Å². The first kappa shape index (κ1) is 20.0. The van der Waals surface area contributed by atoms with E-state index >= 15 is 0 Å². The van der Waals surface area contributed by atoms with Crippen LogP contribution in [0.1, 0.15) is 26.6 Å². The number of ether oxygens (including phenoxy) is 1. The molecule has 3 rings (SSSR count). The van der Waals surface area contributed by atoms with E-state index in [-0.39, 0.29) is 5.91 Å². The lowest BCUT2D eigenvalue weighted by molar-refractivity contribution is 0.0998. The lowest BCUT2D eigenvalue weighted by Crippen LogP contribution is -2.10. The molecule has 0 radical (unpaired) electrons. The van der Waals surface area contributed by atoms with Gasteiger partial charge in [-0.25, -0.2) is 4.98 Å². The molecule has 0 aliphatic rings. The highest BCUT2D eigenvalue weighted by molar-refractivity contribution is 7.09. The summed E-state index contributed by atoms with van der Waals surface area (Å²) in [5.74, 6) is 0.393. The lowest BCUT2D eigenvalue weighted by atomic mass is 10.1. The minimum Gasteiger partial charge on any atom is -0.489 e. The van der Waals surface area contributed by atoms with Crippen LogP contribution in [0.4, 0.5) is 0 Å². The molecule has 1 aromatic heterocycles. The van der Waals surface area contributed by atoms with Crippen molar-refractivity contribution in [3.05, 3.63) is 80.8 Å². The minimum atomic E-state index is -0.358. The number of carbonyl (C=O) groups is 1. The largest absolute Gasteiger partial charge is 0.489 e. The first-order valence-corrected chi connectivity index (χ1v) is 9.91. The SMILES string of the molecule is CN(C)C=NC(=O)c1csc(Cc2cc(Cl)ccc2OCc2ccccc2)n1. The summed E-state index contributed by atoms with van der Waals surface area (Å²) in [5.41, 5.74) is 2.35. The van der Waals surface area contributed by atoms with Crippen LogP contribution in [0.2, 0.25) is 5.02 Å². The predicted octanol–water partition coefficient (Wildman–Crippen LogP) is 4.70. The van der Waals surface area contributed by atoms with Crippen LogP contribution in [-0.2, 0) is 13.0 Å². The van der Waals surface area contributed by atoms with Crippen LogP contribution < -0.4 is 4.74 Å². The number of benzene rings is 2. The minimum absolute atomic E-state index is 0.340. The average molecular weight is 414 g/mol. The van der Waals surface area contributed by atoms with Crippen molar-refractivity contribution in [2.24, 2.45) is 4.99 Å². The molecule has 5 nitrogen and oxygen atoms in total. The molecule has 0 saturated heterocycles. The summed E-state index contributed by atoms with van der Waals surface area (Å²) in [5, 5.41) is 3.15. The molecule has 0 unspecified atom stereocenters. The van der Waals surface area contributed by atoms with E-state index in [0.29, 0.717) is 23.7 Å². The first-order chi connectivity index (χ1) is 13.5. The Morgan fingerprint density at radius 1 is 1.25 bits per heavy atom. The van der Waals surface area contributed by atoms with E-state index < -0.39 is 0 Å². The van der Waals surface area contributed by atoms with Gasteiger partial charge in [-0.1, -0.05) is 41.9 Å². The van der Waals surface area contributed by atoms with Gasteiger partial charge in [0.15, 0.2) is 0 Å². The maximum Gasteiger partial charge on any atom is 0.297 e. The molecule has 3 aromatic rings. The Balaban J connectivity index is 1.73. The Morgan fingerprint density at radius 3 is 2.79 bits per heavy atom. The molecule has 2 aromatic carbocycles. The Kier molecular flexibility index (Phi) is 6.79. The van der Waals surface area contributed by atoms with Crippen molar-refractivity contribution in [3.8, 4) is 5.75 Å². The van der Waals surface area contributed by atoms with Gasteiger partial charge in [-0.3, -0.25) is 4.79 Å². The number of hydrogen-bond acceptors (Lipinski definition) is 4. The van der Waals surface area contributed by atoms with Gasteiger partial charge < -0.3 is 9.64 Å². The van der Waals surface area contributed by atoms with Crippen molar-refractivity contribution in [1.82, 2.24) is 9.88 Å². The number of amides is 1. The highest BCUT2D eigenvalue weighted by Gasteiger charge is 2.13. The fourth-order valence-corrected chi connectivity index (χ4v) is 3.44. The summed E-state index contributed by atoms with van der Waals surface area (Å²) in [6, 6.07) is 15.5. The maximum absolute atomic E-state index is 12.1. The smallest absolute Gasteiger partial charge is 0.297 e. The fraction of sp³-hybridized carbons (Fsp3) is 0.190. The Hall–Kier alpha value is -2.70. The lowest BCUT2D eigenvalue weighted by Gasteiger charge is -2.11. The highest BCUT2D eigenvalue weighted by atomic mass is 35.5. The first-order valence-electron chi connectivity index (χ1n) is 8.66. The van der Waals surface area contributed by atoms with E-state index in [4.69, 9.17) is 16.3 Å². The number of rotatable bonds is 7. The van der Waals surface area contributed by atoms with Gasteiger partial charge in [0.05, 0.1) is 11.3 Å². The summed E-state index contributed by atoms with van der Waals surface area (Å²) in [6.45, 7) is 0.469. The Bertz CT molecular complexity index is 971. The van der Waals surface area contributed by atoms with Gasteiger partial charge in [-0.2, -0.15) is 4.99 Å². The third-order valence-corrected chi connectivity index (χ3v) is 4.86. The zero-order chi connectivity index (χ0) is 19.9. The molecule has 0 saturated carbocycles. The van der Waals surface area contributed by atoms with Crippen LogP contribution in [0.25, 0.3) is 0 Å². The van der Waals surface area contributed by atoms with E-state index in [1.165, 1.54) is 17.7 Å². The molecule has 0 bridgehead atoms. The van der Waals surface area contributed by atoms with Crippen molar-refractivity contribution in [3.63, 3.8) is 0 Å². The molecular weight excluding hydrogens is 394 g/mol. The Morgan fingerprint density at radius 2 is 2.04 bits per heavy atom. The van der Waals surface area contributed by atoms with Crippen molar-refractivity contribution >= 4 is 35.2 Å². The third kappa shape index (κ3) is 5.65. The standard InChI is InChI=1S/C21H20ClN3O2S/c1-25(2)14-23-21(26)18-13-28-20(24-18)11-16-10-17(22)8-9-19(16)27-12-15-6-4-3-5-7-15/h3-10,13-14H,11-12H2,1-2H3. The number of nitrogens with zero attached hydrogens (tertiary/aromatic N) is 3. The van der Waals surface area contributed by atoms with Crippen molar-refractivity contribution in [2.45, 2.75) is 13.0 Å². The van der Waals surface area contributed by atoms with Gasteiger partial charge in [0, 0.05) is 36.5 Å². The summed E-state index contributed by atoms with van der Waals surface area (Å²) in [6.07, 6.45) is 1.99. The molecule has 0 N–H and O–H groups in total. The summed E-state index contributed by atoms with van der Waals surface area (Å²) < 4.78 is 5.99. The van der Waals surface area contributed by atoms with Gasteiger partial charge in [0.2, 0.25) is 0 Å². The predicted molar refractivity (Wildman–Crippen MR) is 114 cm³/mol. The average Bonchev–Trinajstić information content (AvgIpc) is 3.15. The van der Waals surface area contributed by atoms with E-state index in [1.54, 1.807) is 30.4 Å². The number of carbonyl (C=O) groups excluding carboxylic acids is 1. The topological polar surface area (TPSA) is 54.8 Å². The van der Waals surface area contributed by atoms with E-state index in [9.17, 15) is 4.79 Å². The van der Waals surface area contributed by atoms with Crippen LogP contribution in [-0.4, -0.2) is 36.2 Å². The summed E-state index contributed by atoms with van der Waals surface area (Å²) >= 11 is 7.59. The highest BCUT2D eigenvalue weighted by Crippen LogP contribution is 2.27. The molecule has 28 heavy (non-hydrogen) atoms. The van der Waals surface area contributed by atoms with Crippen molar-refractivity contribution < 1.29 is 9.53 Å². The number of thiazole rings is 1. The molecule has 1 amide bonds. The number of halogens is 1. The van der Waals surface area contributed by atoms with Crippen LogP contribution in [0.15, 0.2) is 58.9 Å².